The first kappa shape index (κ1) is 18.5. The number of carboxylic acid groups (broad SMARTS) is 1. The van der Waals surface area contributed by atoms with Gasteiger partial charge in [0.15, 0.2) is 0 Å². The fraction of sp³-hybridized carbons (Fsp3) is 0.364. The predicted molar refractivity (Wildman–Crippen MR) is 105 cm³/mol. The summed E-state index contributed by atoms with van der Waals surface area (Å²) in [5, 5.41) is 9.06. The van der Waals surface area contributed by atoms with E-state index in [1.54, 1.807) is 12.1 Å². The number of amides is 1. The zero-order valence-electron chi connectivity index (χ0n) is 15.9. The van der Waals surface area contributed by atoms with E-state index in [4.69, 9.17) is 9.84 Å². The molecule has 4 rings (SSSR count). The lowest BCUT2D eigenvalue weighted by molar-refractivity contribution is -0.138. The van der Waals surface area contributed by atoms with Crippen LogP contribution in [0.15, 0.2) is 54.6 Å². The van der Waals surface area contributed by atoms with Crippen molar-refractivity contribution in [1.82, 2.24) is 4.90 Å². The van der Waals surface area contributed by atoms with Gasteiger partial charge in [0.1, 0.15) is 11.8 Å². The summed E-state index contributed by atoms with van der Waals surface area (Å²) in [5.41, 5.74) is 1.81. The third-order valence-corrected chi connectivity index (χ3v) is 5.71. The summed E-state index contributed by atoms with van der Waals surface area (Å²) < 4.78 is 6.19. The number of benzene rings is 2. The van der Waals surface area contributed by atoms with Gasteiger partial charge in [-0.05, 0) is 36.8 Å². The van der Waals surface area contributed by atoms with E-state index in [0.29, 0.717) is 6.54 Å². The summed E-state index contributed by atoms with van der Waals surface area (Å²) in [6.07, 6.45) is 1.01. The molecule has 28 heavy (non-hydrogen) atoms. The van der Waals surface area contributed by atoms with Crippen LogP contribution in [0.1, 0.15) is 35.7 Å². The molecular weight excluding hydrogens is 356 g/mol. The summed E-state index contributed by atoms with van der Waals surface area (Å²) in [6.45, 7) is 3.87. The molecule has 0 bridgehead atoms. The van der Waals surface area contributed by atoms with Crippen LogP contribution in [0, 0.1) is 0 Å². The number of piperidine rings is 1. The number of ether oxygens (including phenoxy) is 1. The van der Waals surface area contributed by atoms with Gasteiger partial charge in [0, 0.05) is 38.2 Å². The van der Waals surface area contributed by atoms with E-state index in [2.05, 4.69) is 4.90 Å². The standard InChI is InChI=1S/C22H24N2O4/c1-16-20(25)24(15-17-5-3-2-4-6-17)22(28-16)11-13-23(14-12-22)19-9-7-18(8-10-19)21(26)27/h2-10,16H,11-15H2,1H3,(H,26,27). The maximum absolute atomic E-state index is 12.8. The molecule has 1 spiro atoms. The van der Waals surface area contributed by atoms with Crippen LogP contribution in [0.2, 0.25) is 0 Å². The molecule has 1 N–H and O–H groups in total. The highest BCUT2D eigenvalue weighted by atomic mass is 16.6. The first-order chi connectivity index (χ1) is 13.5. The number of carbonyl (C=O) groups excluding carboxylic acids is 1. The van der Waals surface area contributed by atoms with Gasteiger partial charge < -0.3 is 19.6 Å². The molecule has 0 saturated carbocycles. The van der Waals surface area contributed by atoms with E-state index >= 15 is 0 Å². The Hall–Kier alpha value is -2.86. The Morgan fingerprint density at radius 3 is 2.36 bits per heavy atom. The molecule has 1 unspecified atom stereocenters. The van der Waals surface area contributed by atoms with Gasteiger partial charge in [-0.1, -0.05) is 30.3 Å². The highest BCUT2D eigenvalue weighted by molar-refractivity contribution is 5.88. The number of hydrogen-bond acceptors (Lipinski definition) is 4. The molecule has 2 saturated heterocycles. The summed E-state index contributed by atoms with van der Waals surface area (Å²) in [7, 11) is 0. The smallest absolute Gasteiger partial charge is 0.335 e. The SMILES string of the molecule is CC1OC2(CCN(c3ccc(C(=O)O)cc3)CC2)N(Cc2ccccc2)C1=O. The van der Waals surface area contributed by atoms with Crippen molar-refractivity contribution in [3.05, 3.63) is 65.7 Å². The number of rotatable bonds is 4. The highest BCUT2D eigenvalue weighted by Crippen LogP contribution is 2.39. The molecule has 2 aliphatic rings. The van der Waals surface area contributed by atoms with E-state index in [1.165, 1.54) is 0 Å². The summed E-state index contributed by atoms with van der Waals surface area (Å²) in [5.74, 6) is -0.879. The molecule has 1 atom stereocenters. The number of hydrogen-bond donors (Lipinski definition) is 1. The molecule has 6 heteroatoms. The van der Waals surface area contributed by atoms with Gasteiger partial charge in [-0.25, -0.2) is 4.79 Å². The van der Waals surface area contributed by atoms with E-state index in [0.717, 1.165) is 37.2 Å². The zero-order valence-corrected chi connectivity index (χ0v) is 15.9. The fourth-order valence-corrected chi connectivity index (χ4v) is 4.17. The van der Waals surface area contributed by atoms with Crippen molar-refractivity contribution < 1.29 is 19.4 Å². The van der Waals surface area contributed by atoms with E-state index < -0.39 is 17.8 Å². The highest BCUT2D eigenvalue weighted by Gasteiger charge is 2.51. The Balaban J connectivity index is 1.49. The van der Waals surface area contributed by atoms with Crippen molar-refractivity contribution in [2.45, 2.75) is 38.1 Å². The van der Waals surface area contributed by atoms with Crippen molar-refractivity contribution in [1.29, 1.82) is 0 Å². The van der Waals surface area contributed by atoms with Crippen LogP contribution in [-0.2, 0) is 16.1 Å². The largest absolute Gasteiger partial charge is 0.478 e. The zero-order chi connectivity index (χ0) is 19.7. The summed E-state index contributed by atoms with van der Waals surface area (Å²) >= 11 is 0. The van der Waals surface area contributed by atoms with Crippen LogP contribution in [0.3, 0.4) is 0 Å². The van der Waals surface area contributed by atoms with Crippen LogP contribution in [-0.4, -0.2) is 46.8 Å². The first-order valence-electron chi connectivity index (χ1n) is 9.60. The molecular formula is C22H24N2O4. The van der Waals surface area contributed by atoms with Gasteiger partial charge in [-0.15, -0.1) is 0 Å². The first-order valence-corrected chi connectivity index (χ1v) is 9.60. The van der Waals surface area contributed by atoms with Gasteiger partial charge in [0.2, 0.25) is 0 Å². The molecule has 2 aliphatic heterocycles. The van der Waals surface area contributed by atoms with Gasteiger partial charge in [0.25, 0.3) is 5.91 Å². The maximum atomic E-state index is 12.8. The second-order valence-corrected chi connectivity index (χ2v) is 7.46. The van der Waals surface area contributed by atoms with Crippen LogP contribution in [0.5, 0.6) is 0 Å². The lowest BCUT2D eigenvalue weighted by Gasteiger charge is -2.44. The Kier molecular flexibility index (Phi) is 4.81. The molecule has 0 radical (unpaired) electrons. The molecule has 2 fully saturated rings. The van der Waals surface area contributed by atoms with Crippen LogP contribution >= 0.6 is 0 Å². The third-order valence-electron chi connectivity index (χ3n) is 5.71. The van der Waals surface area contributed by atoms with Crippen molar-refractivity contribution in [3.63, 3.8) is 0 Å². The van der Waals surface area contributed by atoms with Crippen molar-refractivity contribution in [2.24, 2.45) is 0 Å². The molecule has 146 valence electrons. The topological polar surface area (TPSA) is 70.1 Å². The normalized spacial score (nSPS) is 21.3. The van der Waals surface area contributed by atoms with Crippen LogP contribution in [0.25, 0.3) is 0 Å². The minimum absolute atomic E-state index is 0.0446. The number of carbonyl (C=O) groups is 2. The molecule has 2 aromatic rings. The van der Waals surface area contributed by atoms with Gasteiger partial charge >= 0.3 is 5.97 Å². The predicted octanol–water partition coefficient (Wildman–Crippen LogP) is 3.13. The maximum Gasteiger partial charge on any atom is 0.335 e. The van der Waals surface area contributed by atoms with Gasteiger partial charge in [-0.2, -0.15) is 0 Å². The average Bonchev–Trinajstić information content (AvgIpc) is 2.94. The monoisotopic (exact) mass is 380 g/mol. The van der Waals surface area contributed by atoms with Gasteiger partial charge in [0.05, 0.1) is 5.56 Å². The average molecular weight is 380 g/mol. The third kappa shape index (κ3) is 3.36. The Bertz CT molecular complexity index is 858. The summed E-state index contributed by atoms with van der Waals surface area (Å²) in [6, 6.07) is 16.9. The molecule has 2 aromatic carbocycles. The van der Waals surface area contributed by atoms with Gasteiger partial charge in [-0.3, -0.25) is 4.79 Å². The number of anilines is 1. The lowest BCUT2D eigenvalue weighted by Crippen LogP contribution is -2.53. The number of nitrogens with zero attached hydrogens (tertiary/aromatic N) is 2. The second kappa shape index (κ2) is 7.28. The van der Waals surface area contributed by atoms with Crippen molar-refractivity contribution >= 4 is 17.6 Å². The fourth-order valence-electron chi connectivity index (χ4n) is 4.17. The van der Waals surface area contributed by atoms with Crippen molar-refractivity contribution in [2.75, 3.05) is 18.0 Å². The molecule has 0 aromatic heterocycles. The molecule has 1 amide bonds. The van der Waals surface area contributed by atoms with Crippen LogP contribution < -0.4 is 4.90 Å². The quantitative estimate of drug-likeness (QED) is 0.883. The minimum Gasteiger partial charge on any atom is -0.478 e. The molecule has 6 nitrogen and oxygen atoms in total. The Morgan fingerprint density at radius 1 is 1.11 bits per heavy atom. The number of aromatic carboxylic acids is 1. The Morgan fingerprint density at radius 2 is 1.75 bits per heavy atom. The minimum atomic E-state index is -0.924. The molecule has 0 aliphatic carbocycles. The molecule has 2 heterocycles. The van der Waals surface area contributed by atoms with E-state index in [9.17, 15) is 9.59 Å². The van der Waals surface area contributed by atoms with E-state index in [1.807, 2.05) is 54.3 Å². The number of carboxylic acids is 1. The van der Waals surface area contributed by atoms with Crippen molar-refractivity contribution in [3.8, 4) is 0 Å². The van der Waals surface area contributed by atoms with Crippen LogP contribution in [0.4, 0.5) is 5.69 Å². The van der Waals surface area contributed by atoms with E-state index in [-0.39, 0.29) is 11.5 Å². The lowest BCUT2D eigenvalue weighted by atomic mass is 9.97. The second-order valence-electron chi connectivity index (χ2n) is 7.46. The Labute approximate surface area is 164 Å². The summed E-state index contributed by atoms with van der Waals surface area (Å²) in [4.78, 5) is 27.9.